The van der Waals surface area contributed by atoms with Crippen molar-refractivity contribution < 1.29 is 0 Å². The van der Waals surface area contributed by atoms with E-state index in [1.165, 1.54) is 51.4 Å². The molecular weight excluding hydrogens is 218 g/mol. The fourth-order valence-corrected chi connectivity index (χ4v) is 4.24. The molecule has 0 aromatic heterocycles. The van der Waals surface area contributed by atoms with Gasteiger partial charge in [-0.2, -0.15) is 0 Å². The van der Waals surface area contributed by atoms with Crippen LogP contribution in [0.3, 0.4) is 0 Å². The molecule has 2 saturated carbocycles. The third-order valence-electron chi connectivity index (χ3n) is 5.23. The van der Waals surface area contributed by atoms with Crippen molar-refractivity contribution in [2.45, 2.75) is 91.1 Å². The molecular formula is C17H33N. The van der Waals surface area contributed by atoms with E-state index < -0.39 is 0 Å². The van der Waals surface area contributed by atoms with E-state index in [1.807, 2.05) is 0 Å². The summed E-state index contributed by atoms with van der Waals surface area (Å²) in [6, 6.07) is 1.60. The summed E-state index contributed by atoms with van der Waals surface area (Å²) in [6.45, 7) is 9.75. The van der Waals surface area contributed by atoms with E-state index in [2.05, 4.69) is 33.0 Å². The van der Waals surface area contributed by atoms with E-state index in [1.54, 1.807) is 0 Å². The fraction of sp³-hybridized carbons (Fsp3) is 1.00. The maximum atomic E-state index is 4.00. The smallest absolute Gasteiger partial charge is 0.00747 e. The van der Waals surface area contributed by atoms with Crippen molar-refractivity contribution in [1.29, 1.82) is 0 Å². The first-order valence-electron chi connectivity index (χ1n) is 8.21. The van der Waals surface area contributed by atoms with Gasteiger partial charge in [-0.15, -0.1) is 0 Å². The van der Waals surface area contributed by atoms with Crippen LogP contribution in [0.25, 0.3) is 0 Å². The molecule has 0 aliphatic heterocycles. The van der Waals surface area contributed by atoms with Crippen LogP contribution < -0.4 is 5.32 Å². The van der Waals surface area contributed by atoms with Gasteiger partial charge in [0.15, 0.2) is 0 Å². The van der Waals surface area contributed by atoms with Gasteiger partial charge in [-0.25, -0.2) is 0 Å². The molecule has 18 heavy (non-hydrogen) atoms. The van der Waals surface area contributed by atoms with Crippen molar-refractivity contribution in [1.82, 2.24) is 5.32 Å². The summed E-state index contributed by atoms with van der Waals surface area (Å²) in [5.74, 6) is 1.85. The molecule has 0 aromatic carbocycles. The second-order valence-electron chi connectivity index (χ2n) is 8.07. The van der Waals surface area contributed by atoms with Crippen molar-refractivity contribution in [2.75, 3.05) is 0 Å². The van der Waals surface area contributed by atoms with Gasteiger partial charge in [-0.1, -0.05) is 34.1 Å². The molecule has 2 aliphatic rings. The Morgan fingerprint density at radius 2 is 1.50 bits per heavy atom. The highest BCUT2D eigenvalue weighted by atomic mass is 15.0. The molecule has 3 unspecified atom stereocenters. The Morgan fingerprint density at radius 1 is 0.833 bits per heavy atom. The van der Waals surface area contributed by atoms with E-state index in [-0.39, 0.29) is 0 Å². The molecule has 1 heteroatoms. The van der Waals surface area contributed by atoms with E-state index in [9.17, 15) is 0 Å². The first-order chi connectivity index (χ1) is 8.44. The molecule has 2 rings (SSSR count). The largest absolute Gasteiger partial charge is 0.311 e. The Labute approximate surface area is 114 Å². The Hall–Kier alpha value is -0.0400. The summed E-state index contributed by atoms with van der Waals surface area (Å²) in [4.78, 5) is 0. The normalized spacial score (nSPS) is 41.3. The first kappa shape index (κ1) is 14.4. The molecule has 0 bridgehead atoms. The predicted molar refractivity (Wildman–Crippen MR) is 79.8 cm³/mol. The lowest BCUT2D eigenvalue weighted by Crippen LogP contribution is -2.42. The lowest BCUT2D eigenvalue weighted by molar-refractivity contribution is 0.218. The van der Waals surface area contributed by atoms with Crippen LogP contribution in [0, 0.1) is 17.3 Å². The molecule has 0 aromatic rings. The average Bonchev–Trinajstić information content (AvgIpc) is 2.39. The van der Waals surface area contributed by atoms with E-state index in [0.717, 1.165) is 23.9 Å². The van der Waals surface area contributed by atoms with Crippen LogP contribution in [-0.2, 0) is 0 Å². The van der Waals surface area contributed by atoms with Gasteiger partial charge in [0.1, 0.15) is 0 Å². The van der Waals surface area contributed by atoms with Gasteiger partial charge in [-0.05, 0) is 62.2 Å². The van der Waals surface area contributed by atoms with Crippen LogP contribution in [0.15, 0.2) is 0 Å². The van der Waals surface area contributed by atoms with Crippen LogP contribution >= 0.6 is 0 Å². The molecule has 0 amide bonds. The molecule has 0 saturated heterocycles. The van der Waals surface area contributed by atoms with Gasteiger partial charge in [0.05, 0.1) is 0 Å². The highest BCUT2D eigenvalue weighted by Gasteiger charge is 2.28. The molecule has 0 heterocycles. The molecule has 0 spiro atoms. The van der Waals surface area contributed by atoms with Crippen molar-refractivity contribution >= 4 is 0 Å². The molecule has 2 aliphatic carbocycles. The maximum absolute atomic E-state index is 4.00. The SMILES string of the molecule is CC1CC(C)CC(NC2CCCC(C)(C)CC2)C1. The van der Waals surface area contributed by atoms with Crippen molar-refractivity contribution in [3.63, 3.8) is 0 Å². The Bertz CT molecular complexity index is 248. The van der Waals surface area contributed by atoms with E-state index >= 15 is 0 Å². The van der Waals surface area contributed by atoms with Gasteiger partial charge >= 0.3 is 0 Å². The fourth-order valence-electron chi connectivity index (χ4n) is 4.24. The lowest BCUT2D eigenvalue weighted by atomic mass is 9.80. The topological polar surface area (TPSA) is 12.0 Å². The standard InChI is InChI=1S/C17H33N/c1-13-10-14(2)12-16(11-13)18-15-6-5-8-17(3,4)9-7-15/h13-16,18H,5-12H2,1-4H3. The molecule has 0 radical (unpaired) electrons. The van der Waals surface area contributed by atoms with Crippen molar-refractivity contribution in [2.24, 2.45) is 17.3 Å². The molecule has 106 valence electrons. The van der Waals surface area contributed by atoms with Crippen LogP contribution in [0.2, 0.25) is 0 Å². The number of hydrogen-bond donors (Lipinski definition) is 1. The monoisotopic (exact) mass is 251 g/mol. The maximum Gasteiger partial charge on any atom is 0.00747 e. The van der Waals surface area contributed by atoms with E-state index in [0.29, 0.717) is 5.41 Å². The quantitative estimate of drug-likeness (QED) is 0.698. The zero-order chi connectivity index (χ0) is 13.2. The number of nitrogens with one attached hydrogen (secondary N) is 1. The van der Waals surface area contributed by atoms with E-state index in [4.69, 9.17) is 0 Å². The highest BCUT2D eigenvalue weighted by molar-refractivity contribution is 4.85. The van der Waals surface area contributed by atoms with Gasteiger partial charge < -0.3 is 5.32 Å². The summed E-state index contributed by atoms with van der Waals surface area (Å²) >= 11 is 0. The molecule has 1 nitrogen and oxygen atoms in total. The van der Waals surface area contributed by atoms with Crippen LogP contribution in [-0.4, -0.2) is 12.1 Å². The van der Waals surface area contributed by atoms with Crippen LogP contribution in [0.4, 0.5) is 0 Å². The third-order valence-corrected chi connectivity index (χ3v) is 5.23. The first-order valence-corrected chi connectivity index (χ1v) is 8.21. The highest BCUT2D eigenvalue weighted by Crippen LogP contribution is 2.35. The molecule has 3 atom stereocenters. The van der Waals surface area contributed by atoms with Gasteiger partial charge in [0.2, 0.25) is 0 Å². The molecule has 2 fully saturated rings. The zero-order valence-electron chi connectivity index (χ0n) is 13.0. The van der Waals surface area contributed by atoms with Gasteiger partial charge in [-0.3, -0.25) is 0 Å². The van der Waals surface area contributed by atoms with Crippen molar-refractivity contribution in [3.8, 4) is 0 Å². The minimum absolute atomic E-state index is 0.587. The second kappa shape index (κ2) is 5.94. The van der Waals surface area contributed by atoms with Gasteiger partial charge in [0, 0.05) is 12.1 Å². The summed E-state index contributed by atoms with van der Waals surface area (Å²) in [7, 11) is 0. The minimum atomic E-state index is 0.587. The number of hydrogen-bond acceptors (Lipinski definition) is 1. The zero-order valence-corrected chi connectivity index (χ0v) is 13.0. The second-order valence-corrected chi connectivity index (χ2v) is 8.07. The van der Waals surface area contributed by atoms with Crippen molar-refractivity contribution in [3.05, 3.63) is 0 Å². The number of rotatable bonds is 2. The average molecular weight is 251 g/mol. The molecule has 1 N–H and O–H groups in total. The van der Waals surface area contributed by atoms with Crippen LogP contribution in [0.5, 0.6) is 0 Å². The summed E-state index contributed by atoms with van der Waals surface area (Å²) in [6.07, 6.45) is 11.3. The Kier molecular flexibility index (Phi) is 4.75. The summed E-state index contributed by atoms with van der Waals surface area (Å²) in [5.41, 5.74) is 0.587. The van der Waals surface area contributed by atoms with Crippen LogP contribution in [0.1, 0.15) is 79.1 Å². The predicted octanol–water partition coefficient (Wildman–Crippen LogP) is 4.76. The minimum Gasteiger partial charge on any atom is -0.311 e. The summed E-state index contributed by atoms with van der Waals surface area (Å²) in [5, 5.41) is 4.00. The Balaban J connectivity index is 1.82. The summed E-state index contributed by atoms with van der Waals surface area (Å²) < 4.78 is 0. The Morgan fingerprint density at radius 3 is 2.17 bits per heavy atom. The third kappa shape index (κ3) is 4.26. The lowest BCUT2D eigenvalue weighted by Gasteiger charge is -2.34. The van der Waals surface area contributed by atoms with Gasteiger partial charge in [0.25, 0.3) is 0 Å².